The van der Waals surface area contributed by atoms with E-state index in [9.17, 15) is 14.3 Å². The number of aliphatic hydroxyl groups excluding tert-OH is 1. The first-order valence-electron chi connectivity index (χ1n) is 13.4. The molecular formula is C29H25Cl2FN6O2S. The number of rotatable bonds is 7. The van der Waals surface area contributed by atoms with Crippen molar-refractivity contribution in [2.45, 2.75) is 43.9 Å². The number of nitrogens with zero attached hydrogens (tertiary/aromatic N) is 5. The lowest BCUT2D eigenvalue weighted by molar-refractivity contribution is -0.118. The van der Waals surface area contributed by atoms with E-state index in [2.05, 4.69) is 27.4 Å². The number of nitrogens with one attached hydrogen (secondary N) is 1. The quantitative estimate of drug-likeness (QED) is 0.226. The smallest absolute Gasteiger partial charge is 0.257 e. The highest BCUT2D eigenvalue weighted by molar-refractivity contribution is 7.13. The lowest BCUT2D eigenvalue weighted by atomic mass is 9.72. The van der Waals surface area contributed by atoms with Gasteiger partial charge in [-0.1, -0.05) is 47.5 Å². The van der Waals surface area contributed by atoms with E-state index in [1.165, 1.54) is 21.6 Å². The first kappa shape index (κ1) is 26.6. The summed E-state index contributed by atoms with van der Waals surface area (Å²) >= 11 is 15.0. The highest BCUT2D eigenvalue weighted by Gasteiger charge is 2.35. The highest BCUT2D eigenvalue weighted by atomic mass is 35.5. The predicted octanol–water partition coefficient (Wildman–Crippen LogP) is 6.27. The molecule has 8 nitrogen and oxygen atoms in total. The van der Waals surface area contributed by atoms with Gasteiger partial charge in [-0.05, 0) is 41.9 Å². The molecular weight excluding hydrogens is 586 g/mol. The summed E-state index contributed by atoms with van der Waals surface area (Å²) in [7, 11) is 0. The molecule has 1 saturated carbocycles. The molecule has 2 aromatic carbocycles. The van der Waals surface area contributed by atoms with Crippen molar-refractivity contribution in [3.63, 3.8) is 0 Å². The zero-order chi connectivity index (χ0) is 28.2. The minimum atomic E-state index is -1.04. The van der Waals surface area contributed by atoms with Crippen molar-refractivity contribution in [3.05, 3.63) is 81.4 Å². The number of anilines is 1. The predicted molar refractivity (Wildman–Crippen MR) is 157 cm³/mol. The van der Waals surface area contributed by atoms with E-state index in [-0.39, 0.29) is 19.6 Å². The number of aromatic nitrogens is 5. The summed E-state index contributed by atoms with van der Waals surface area (Å²) < 4.78 is 17.5. The molecule has 41 heavy (non-hydrogen) atoms. The monoisotopic (exact) mass is 610 g/mol. The Kier molecular flexibility index (Phi) is 6.81. The van der Waals surface area contributed by atoms with Crippen molar-refractivity contribution in [2.24, 2.45) is 5.92 Å². The van der Waals surface area contributed by atoms with Crippen LogP contribution in [-0.2, 0) is 17.8 Å². The molecule has 1 amide bonds. The first-order chi connectivity index (χ1) is 19.9. The molecule has 3 aromatic heterocycles. The minimum Gasteiger partial charge on any atom is -0.396 e. The Bertz CT molecular complexity index is 1750. The SMILES string of the molecule is O=C(Nc1nccs1)[C@@H](c1ncn2c1C[C@@H](F)C2)n1cc2c(Cl)cc(-c3ccc(C4CC(CO)C4)cc3)c(Cl)c2n1. The number of carbonyl (C=O) groups is 1. The largest absolute Gasteiger partial charge is 0.396 e. The van der Waals surface area contributed by atoms with Crippen molar-refractivity contribution in [3.8, 4) is 11.1 Å². The van der Waals surface area contributed by atoms with Crippen LogP contribution in [0.25, 0.3) is 22.0 Å². The highest BCUT2D eigenvalue weighted by Crippen LogP contribution is 2.43. The summed E-state index contributed by atoms with van der Waals surface area (Å²) in [5.41, 5.74) is 4.40. The molecule has 4 heterocycles. The van der Waals surface area contributed by atoms with Crippen LogP contribution in [0.2, 0.25) is 10.0 Å². The summed E-state index contributed by atoms with van der Waals surface area (Å²) in [6, 6.07) is 9.05. The second-order valence-electron chi connectivity index (χ2n) is 10.7. The minimum absolute atomic E-state index is 0.167. The fourth-order valence-corrected chi connectivity index (χ4v) is 6.99. The molecule has 0 bridgehead atoms. The number of alkyl halides is 1. The molecule has 2 aliphatic rings. The summed E-state index contributed by atoms with van der Waals surface area (Å²) in [6.45, 7) is 0.440. The Morgan fingerprint density at radius 1 is 1.22 bits per heavy atom. The standard InChI is InChI=1S/C29H25Cl2FN6O2S/c30-22-10-20(17-3-1-16(2-4-17)18-7-15(8-18)13-39)24(31)25-21(22)12-38(36-25)27(28(40)35-29-33-5-6-41-29)26-23-9-19(32)11-37(23)14-34-26/h1-6,10,12,14-15,18-19,27,39H,7-9,11,13H2,(H,33,35,40)/t15?,18?,19-,27-/m1/s1. The molecule has 12 heteroatoms. The van der Waals surface area contributed by atoms with Gasteiger partial charge in [0.1, 0.15) is 11.7 Å². The zero-order valence-electron chi connectivity index (χ0n) is 21.7. The zero-order valence-corrected chi connectivity index (χ0v) is 24.0. The maximum absolute atomic E-state index is 14.3. The molecule has 1 fully saturated rings. The maximum atomic E-state index is 14.3. The Balaban J connectivity index is 1.27. The van der Waals surface area contributed by atoms with E-state index < -0.39 is 18.1 Å². The summed E-state index contributed by atoms with van der Waals surface area (Å²) in [5.74, 6) is 0.446. The van der Waals surface area contributed by atoms with Crippen molar-refractivity contribution in [2.75, 3.05) is 11.9 Å². The first-order valence-corrected chi connectivity index (χ1v) is 15.0. The molecule has 0 radical (unpaired) electrons. The topological polar surface area (TPSA) is 97.9 Å². The average molecular weight is 612 g/mol. The van der Waals surface area contributed by atoms with Gasteiger partial charge in [0.25, 0.3) is 5.91 Å². The van der Waals surface area contributed by atoms with Crippen LogP contribution in [0, 0.1) is 5.92 Å². The third kappa shape index (κ3) is 4.72. The van der Waals surface area contributed by atoms with E-state index >= 15 is 0 Å². The second kappa shape index (κ2) is 10.5. The number of amides is 1. The average Bonchev–Trinajstić information content (AvgIpc) is 3.73. The molecule has 1 aliphatic carbocycles. The second-order valence-corrected chi connectivity index (χ2v) is 12.4. The number of hydrogen-bond donors (Lipinski definition) is 2. The summed E-state index contributed by atoms with van der Waals surface area (Å²) in [5, 5.41) is 20.6. The lowest BCUT2D eigenvalue weighted by Gasteiger charge is -2.34. The van der Waals surface area contributed by atoms with Crippen LogP contribution in [0.5, 0.6) is 0 Å². The number of carbonyl (C=O) groups excluding carboxylic acids is 1. The van der Waals surface area contributed by atoms with Gasteiger partial charge < -0.3 is 9.67 Å². The lowest BCUT2D eigenvalue weighted by Crippen LogP contribution is -2.28. The summed E-state index contributed by atoms with van der Waals surface area (Å²) in [6.07, 6.45) is 5.97. The van der Waals surface area contributed by atoms with Gasteiger partial charge in [0.15, 0.2) is 11.2 Å². The van der Waals surface area contributed by atoms with Gasteiger partial charge in [-0.15, -0.1) is 11.3 Å². The molecule has 2 atom stereocenters. The van der Waals surface area contributed by atoms with Gasteiger partial charge in [-0.2, -0.15) is 5.10 Å². The van der Waals surface area contributed by atoms with Crippen molar-refractivity contribution < 1.29 is 14.3 Å². The molecule has 0 spiro atoms. The van der Waals surface area contributed by atoms with Gasteiger partial charge >= 0.3 is 0 Å². The maximum Gasteiger partial charge on any atom is 0.257 e. The van der Waals surface area contributed by atoms with Gasteiger partial charge in [-0.25, -0.2) is 14.4 Å². The van der Waals surface area contributed by atoms with Crippen LogP contribution >= 0.6 is 34.5 Å². The fraction of sp³-hybridized carbons (Fsp3) is 0.310. The van der Waals surface area contributed by atoms with Gasteiger partial charge in [0.2, 0.25) is 0 Å². The fourth-order valence-electron chi connectivity index (χ4n) is 5.91. The third-order valence-corrected chi connectivity index (χ3v) is 9.50. The van der Waals surface area contributed by atoms with E-state index in [0.29, 0.717) is 49.3 Å². The Hall–Kier alpha value is -3.31. The van der Waals surface area contributed by atoms with Crippen LogP contribution in [0.3, 0.4) is 0 Å². The van der Waals surface area contributed by atoms with Crippen LogP contribution in [0.4, 0.5) is 9.52 Å². The van der Waals surface area contributed by atoms with Crippen molar-refractivity contribution in [1.82, 2.24) is 24.3 Å². The normalized spacial score (nSPS) is 20.6. The van der Waals surface area contributed by atoms with Crippen LogP contribution in [-0.4, -0.2) is 48.1 Å². The summed E-state index contributed by atoms with van der Waals surface area (Å²) in [4.78, 5) is 22.3. The van der Waals surface area contributed by atoms with Gasteiger partial charge in [0.05, 0.1) is 28.6 Å². The van der Waals surface area contributed by atoms with Crippen LogP contribution in [0.1, 0.15) is 41.8 Å². The number of thiazole rings is 1. The third-order valence-electron chi connectivity index (χ3n) is 8.11. The number of benzene rings is 2. The van der Waals surface area contributed by atoms with E-state index in [1.54, 1.807) is 28.7 Å². The van der Waals surface area contributed by atoms with Crippen LogP contribution in [0.15, 0.2) is 54.4 Å². The molecule has 7 rings (SSSR count). The molecule has 0 saturated heterocycles. The Morgan fingerprint density at radius 2 is 2.02 bits per heavy atom. The van der Waals surface area contributed by atoms with Crippen molar-refractivity contribution >= 4 is 56.5 Å². The molecule has 0 unspecified atom stereocenters. The van der Waals surface area contributed by atoms with E-state index in [1.807, 2.05) is 18.2 Å². The molecule has 2 N–H and O–H groups in total. The Labute approximate surface area is 248 Å². The molecule has 210 valence electrons. The van der Waals surface area contributed by atoms with Gasteiger partial charge in [0, 0.05) is 47.4 Å². The number of hydrogen-bond acceptors (Lipinski definition) is 6. The van der Waals surface area contributed by atoms with E-state index in [0.717, 1.165) is 24.0 Å². The van der Waals surface area contributed by atoms with Crippen LogP contribution < -0.4 is 5.32 Å². The Morgan fingerprint density at radius 3 is 2.76 bits per heavy atom. The molecule has 5 aromatic rings. The number of fused-ring (bicyclic) bond motifs is 2. The van der Waals surface area contributed by atoms with Gasteiger partial charge in [-0.3, -0.25) is 14.8 Å². The molecule has 1 aliphatic heterocycles. The van der Waals surface area contributed by atoms with Crippen molar-refractivity contribution in [1.29, 1.82) is 0 Å². The van der Waals surface area contributed by atoms with E-state index in [4.69, 9.17) is 28.3 Å². The number of imidazole rings is 1. The number of aliphatic hydroxyl groups is 1. The number of halogens is 3.